The summed E-state index contributed by atoms with van der Waals surface area (Å²) < 4.78 is 1.88. The van der Waals surface area contributed by atoms with Crippen LogP contribution in [0.1, 0.15) is 5.69 Å². The van der Waals surface area contributed by atoms with Crippen molar-refractivity contribution in [2.24, 2.45) is 10.9 Å². The Morgan fingerprint density at radius 3 is 3.09 bits per heavy atom. The predicted molar refractivity (Wildman–Crippen MR) is 43.9 cm³/mol. The van der Waals surface area contributed by atoms with Gasteiger partial charge in [0.25, 0.3) is 0 Å². The number of thiazole rings is 1. The van der Waals surface area contributed by atoms with Gasteiger partial charge in [-0.05, 0) is 6.92 Å². The largest absolute Gasteiger partial charge is 0.395 e. The van der Waals surface area contributed by atoms with Crippen LogP contribution in [0, 0.1) is 6.92 Å². The van der Waals surface area contributed by atoms with E-state index in [2.05, 4.69) is 5.10 Å². The van der Waals surface area contributed by atoms with Gasteiger partial charge in [-0.3, -0.25) is 0 Å². The predicted octanol–water partition coefficient (Wildman–Crippen LogP) is -0.375. The summed E-state index contributed by atoms with van der Waals surface area (Å²) in [7, 11) is 0. The summed E-state index contributed by atoms with van der Waals surface area (Å²) in [5.41, 5.74) is 1.08. The summed E-state index contributed by atoms with van der Waals surface area (Å²) >= 11 is 1.48. The Bertz CT molecular complexity index is 288. The third-order valence-electron chi connectivity index (χ3n) is 1.43. The van der Waals surface area contributed by atoms with Crippen molar-refractivity contribution in [3.63, 3.8) is 0 Å². The second-order valence-corrected chi connectivity index (χ2v) is 3.00. The number of aromatic nitrogens is 1. The highest BCUT2D eigenvalue weighted by Crippen LogP contribution is 1.98. The van der Waals surface area contributed by atoms with Crippen LogP contribution in [-0.4, -0.2) is 16.3 Å². The van der Waals surface area contributed by atoms with Gasteiger partial charge in [-0.15, -0.1) is 11.3 Å². The molecule has 0 aliphatic heterocycles. The lowest BCUT2D eigenvalue weighted by Gasteiger charge is -2.00. The average molecular weight is 173 g/mol. The zero-order valence-electron chi connectivity index (χ0n) is 6.32. The molecule has 1 heterocycles. The lowest BCUT2D eigenvalue weighted by atomic mass is 10.5. The molecule has 0 saturated heterocycles. The number of hydrogen-bond donors (Lipinski definition) is 2. The van der Waals surface area contributed by atoms with E-state index in [1.807, 2.05) is 16.9 Å². The van der Waals surface area contributed by atoms with Crippen molar-refractivity contribution in [1.29, 1.82) is 0 Å². The molecule has 0 aliphatic rings. The first-order valence-electron chi connectivity index (χ1n) is 3.29. The molecule has 62 valence electrons. The van der Waals surface area contributed by atoms with Gasteiger partial charge < -0.3 is 15.5 Å². The Labute approximate surface area is 68.6 Å². The van der Waals surface area contributed by atoms with Crippen LogP contribution < -0.4 is 10.6 Å². The number of nitrogens with two attached hydrogens (primary N) is 1. The van der Waals surface area contributed by atoms with Gasteiger partial charge in [0.1, 0.15) is 0 Å². The fourth-order valence-corrected chi connectivity index (χ4v) is 1.71. The molecular formula is C6H11N3OS. The molecule has 3 N–H and O–H groups in total. The van der Waals surface area contributed by atoms with Gasteiger partial charge in [0.05, 0.1) is 6.61 Å². The summed E-state index contributed by atoms with van der Waals surface area (Å²) in [5.74, 6) is 5.13. The topological polar surface area (TPSA) is 63.5 Å². The van der Waals surface area contributed by atoms with E-state index in [1.54, 1.807) is 0 Å². The number of rotatable bonds is 2. The molecule has 5 heteroatoms. The van der Waals surface area contributed by atoms with Crippen molar-refractivity contribution in [2.45, 2.75) is 13.5 Å². The molecule has 1 rings (SSSR count). The summed E-state index contributed by atoms with van der Waals surface area (Å²) in [6, 6.07) is 0. The molecule has 0 aliphatic carbocycles. The number of nitrogens with zero attached hydrogens (tertiary/aromatic N) is 2. The van der Waals surface area contributed by atoms with E-state index in [0.29, 0.717) is 6.54 Å². The normalized spacial score (nSPS) is 12.4. The van der Waals surface area contributed by atoms with E-state index in [-0.39, 0.29) is 6.61 Å². The first-order valence-corrected chi connectivity index (χ1v) is 4.17. The fraction of sp³-hybridized carbons (Fsp3) is 0.500. The molecule has 0 bridgehead atoms. The fourth-order valence-electron chi connectivity index (χ4n) is 0.888. The molecule has 1 aromatic rings. The van der Waals surface area contributed by atoms with Crippen LogP contribution in [0.2, 0.25) is 0 Å². The molecule has 11 heavy (non-hydrogen) atoms. The second-order valence-electron chi connectivity index (χ2n) is 2.16. The van der Waals surface area contributed by atoms with Crippen LogP contribution in [0.25, 0.3) is 0 Å². The summed E-state index contributed by atoms with van der Waals surface area (Å²) in [6.45, 7) is 2.64. The Morgan fingerprint density at radius 1 is 1.82 bits per heavy atom. The minimum absolute atomic E-state index is 0.116. The Balaban J connectivity index is 3.08. The zero-order valence-corrected chi connectivity index (χ0v) is 7.14. The number of hydrogen-bond acceptors (Lipinski definition) is 4. The van der Waals surface area contributed by atoms with Crippen LogP contribution in [-0.2, 0) is 6.54 Å². The first kappa shape index (κ1) is 8.29. The Hall–Kier alpha value is -0.810. The molecule has 4 nitrogen and oxygen atoms in total. The molecule has 1 aromatic heterocycles. The van der Waals surface area contributed by atoms with E-state index in [4.69, 9.17) is 10.9 Å². The van der Waals surface area contributed by atoms with Crippen LogP contribution in [0.4, 0.5) is 0 Å². The minimum Gasteiger partial charge on any atom is -0.395 e. The average Bonchev–Trinajstić information content (AvgIpc) is 2.34. The van der Waals surface area contributed by atoms with E-state index >= 15 is 0 Å². The zero-order chi connectivity index (χ0) is 8.27. The van der Waals surface area contributed by atoms with Crippen LogP contribution >= 0.6 is 11.3 Å². The lowest BCUT2D eigenvalue weighted by Crippen LogP contribution is -2.19. The number of aliphatic hydroxyl groups excluding tert-OH is 1. The molecule has 0 atom stereocenters. The maximum atomic E-state index is 8.68. The van der Waals surface area contributed by atoms with Gasteiger partial charge in [-0.1, -0.05) is 0 Å². The molecule has 0 aromatic carbocycles. The maximum absolute atomic E-state index is 8.68. The van der Waals surface area contributed by atoms with E-state index in [1.165, 1.54) is 11.3 Å². The van der Waals surface area contributed by atoms with Crippen molar-refractivity contribution in [3.05, 3.63) is 15.9 Å². The van der Waals surface area contributed by atoms with Crippen molar-refractivity contribution in [3.8, 4) is 0 Å². The van der Waals surface area contributed by atoms with E-state index < -0.39 is 0 Å². The second kappa shape index (κ2) is 3.54. The van der Waals surface area contributed by atoms with Crippen LogP contribution in [0.5, 0.6) is 0 Å². The van der Waals surface area contributed by atoms with Crippen LogP contribution in [0.3, 0.4) is 0 Å². The number of aliphatic hydroxyl groups is 1. The number of aryl methyl sites for hydroxylation is 1. The van der Waals surface area contributed by atoms with Crippen molar-refractivity contribution >= 4 is 11.3 Å². The SMILES string of the molecule is Cc1cs/c(=N/N)n1CCO. The van der Waals surface area contributed by atoms with Gasteiger partial charge in [-0.25, -0.2) is 0 Å². The van der Waals surface area contributed by atoms with Crippen LogP contribution in [0.15, 0.2) is 10.5 Å². The highest BCUT2D eigenvalue weighted by molar-refractivity contribution is 7.07. The molecular weight excluding hydrogens is 162 g/mol. The van der Waals surface area contributed by atoms with Gasteiger partial charge in [0, 0.05) is 17.6 Å². The highest BCUT2D eigenvalue weighted by atomic mass is 32.1. The maximum Gasteiger partial charge on any atom is 0.207 e. The smallest absolute Gasteiger partial charge is 0.207 e. The molecule has 0 amide bonds. The van der Waals surface area contributed by atoms with Crippen molar-refractivity contribution < 1.29 is 5.11 Å². The Morgan fingerprint density at radius 2 is 2.55 bits per heavy atom. The van der Waals surface area contributed by atoms with Gasteiger partial charge in [-0.2, -0.15) is 5.10 Å². The molecule has 0 spiro atoms. The molecule has 0 fully saturated rings. The summed E-state index contributed by atoms with van der Waals surface area (Å²) in [5, 5.41) is 14.2. The summed E-state index contributed by atoms with van der Waals surface area (Å²) in [6.07, 6.45) is 0. The molecule has 0 saturated carbocycles. The van der Waals surface area contributed by atoms with Gasteiger partial charge in [0.2, 0.25) is 4.80 Å². The third kappa shape index (κ3) is 1.61. The minimum atomic E-state index is 0.116. The Kier molecular flexibility index (Phi) is 2.67. The standard InChI is InChI=1S/C6H11N3OS/c1-5-4-11-6(8-7)9(5)2-3-10/h4,10H,2-3,7H2,1H3/b8-6+. The molecule has 0 radical (unpaired) electrons. The first-order chi connectivity index (χ1) is 5.29. The van der Waals surface area contributed by atoms with Gasteiger partial charge in [0.15, 0.2) is 0 Å². The third-order valence-corrected chi connectivity index (χ3v) is 2.42. The quantitative estimate of drug-likeness (QED) is 0.473. The van der Waals surface area contributed by atoms with Crippen molar-refractivity contribution in [2.75, 3.05) is 6.61 Å². The summed E-state index contributed by atoms with van der Waals surface area (Å²) in [4.78, 5) is 0.747. The van der Waals surface area contributed by atoms with E-state index in [9.17, 15) is 0 Å². The lowest BCUT2D eigenvalue weighted by molar-refractivity contribution is 0.273. The van der Waals surface area contributed by atoms with Crippen molar-refractivity contribution in [1.82, 2.24) is 4.57 Å². The monoisotopic (exact) mass is 173 g/mol. The molecule has 0 unspecified atom stereocenters. The van der Waals surface area contributed by atoms with E-state index in [0.717, 1.165) is 10.5 Å². The van der Waals surface area contributed by atoms with Gasteiger partial charge >= 0.3 is 0 Å². The highest BCUT2D eigenvalue weighted by Gasteiger charge is 1.98.